The first kappa shape index (κ1) is 15.4. The Bertz CT molecular complexity index is 677. The zero-order chi connectivity index (χ0) is 15.5. The van der Waals surface area contributed by atoms with Crippen molar-refractivity contribution in [3.8, 4) is 5.75 Å². The molecule has 6 heteroatoms. The number of aromatic nitrogens is 1. The van der Waals surface area contributed by atoms with E-state index in [4.69, 9.17) is 9.47 Å². The number of hydrogen-bond donors (Lipinski definition) is 0. The third kappa shape index (κ3) is 3.13. The lowest BCUT2D eigenvalue weighted by molar-refractivity contribution is 0.0594. The summed E-state index contributed by atoms with van der Waals surface area (Å²) in [7, 11) is 1.37. The van der Waals surface area contributed by atoms with Gasteiger partial charge in [0, 0.05) is 18.0 Å². The zero-order valence-corrected chi connectivity index (χ0v) is 14.1. The Morgan fingerprint density at radius 2 is 2.05 bits per heavy atom. The van der Waals surface area contributed by atoms with Crippen LogP contribution in [0.3, 0.4) is 0 Å². The Labute approximate surface area is 138 Å². The minimum absolute atomic E-state index is 0.371. The van der Waals surface area contributed by atoms with E-state index in [1.165, 1.54) is 33.0 Å². The number of esters is 1. The third-order valence-electron chi connectivity index (χ3n) is 3.99. The maximum absolute atomic E-state index is 11.7. The number of halogens is 1. The fourth-order valence-electron chi connectivity index (χ4n) is 2.78. The summed E-state index contributed by atoms with van der Waals surface area (Å²) in [6, 6.07) is 7.61. The highest BCUT2D eigenvalue weighted by molar-refractivity contribution is 9.08. The smallest absolute Gasteiger partial charge is 0.355 e. The topological polar surface area (TPSA) is 43.7 Å². The van der Waals surface area contributed by atoms with Crippen LogP contribution in [0, 0.1) is 0 Å². The first-order valence-electron chi connectivity index (χ1n) is 7.44. The average Bonchev–Trinajstić information content (AvgIpc) is 3.15. The molecular formula is C16H19BrN2O3. The molecule has 3 rings (SSSR count). The number of rotatable bonds is 5. The average molecular weight is 367 g/mol. The molecule has 0 radical (unpaired) electrons. The van der Waals surface area contributed by atoms with Crippen LogP contribution in [-0.4, -0.2) is 47.8 Å². The van der Waals surface area contributed by atoms with Gasteiger partial charge in [0.25, 0.3) is 0 Å². The maximum atomic E-state index is 11.7. The van der Waals surface area contributed by atoms with Crippen LogP contribution in [0.5, 0.6) is 5.75 Å². The molecule has 0 aliphatic carbocycles. The van der Waals surface area contributed by atoms with E-state index in [9.17, 15) is 4.79 Å². The zero-order valence-electron chi connectivity index (χ0n) is 12.5. The van der Waals surface area contributed by atoms with E-state index in [0.29, 0.717) is 12.3 Å². The Morgan fingerprint density at radius 3 is 2.77 bits per heavy atom. The molecule has 0 saturated carbocycles. The van der Waals surface area contributed by atoms with Gasteiger partial charge in [-0.2, -0.15) is 0 Å². The lowest BCUT2D eigenvalue weighted by atomic mass is 10.2. The van der Waals surface area contributed by atoms with E-state index >= 15 is 0 Å². The molecule has 0 amide bonds. The number of likely N-dealkylation sites (tertiary alicyclic amines) is 1. The predicted octanol–water partition coefficient (Wildman–Crippen LogP) is 3.06. The van der Waals surface area contributed by atoms with Crippen molar-refractivity contribution in [3.63, 3.8) is 0 Å². The summed E-state index contributed by atoms with van der Waals surface area (Å²) in [5.41, 5.74) is 1.35. The molecule has 0 spiro atoms. The van der Waals surface area contributed by atoms with Gasteiger partial charge >= 0.3 is 5.97 Å². The second kappa shape index (κ2) is 6.71. The molecule has 1 aliphatic rings. The lowest BCUT2D eigenvalue weighted by Gasteiger charge is -2.14. The van der Waals surface area contributed by atoms with Crippen LogP contribution in [0.25, 0.3) is 10.9 Å². The SMILES string of the molecule is COC(=O)c1cc2ccc(OCCN3CCCC3)cc2n1Br. The summed E-state index contributed by atoms with van der Waals surface area (Å²) in [5, 5.41) is 0.962. The van der Waals surface area contributed by atoms with Crippen LogP contribution in [0.1, 0.15) is 23.3 Å². The summed E-state index contributed by atoms with van der Waals surface area (Å²) in [5.74, 6) is 0.437. The summed E-state index contributed by atoms with van der Waals surface area (Å²) < 4.78 is 12.3. The van der Waals surface area contributed by atoms with Gasteiger partial charge < -0.3 is 9.47 Å². The quantitative estimate of drug-likeness (QED) is 0.762. The molecule has 0 N–H and O–H groups in total. The molecule has 1 aromatic carbocycles. The van der Waals surface area contributed by atoms with Gasteiger partial charge in [-0.25, -0.2) is 4.79 Å². The number of methoxy groups -OCH3 is 1. The van der Waals surface area contributed by atoms with Gasteiger partial charge in [-0.1, -0.05) is 0 Å². The molecule has 1 fully saturated rings. The minimum Gasteiger partial charge on any atom is -0.492 e. The Hall–Kier alpha value is -1.53. The number of ether oxygens (including phenoxy) is 2. The highest BCUT2D eigenvalue weighted by Crippen LogP contribution is 2.27. The van der Waals surface area contributed by atoms with Gasteiger partial charge in [0.2, 0.25) is 0 Å². The van der Waals surface area contributed by atoms with E-state index in [-0.39, 0.29) is 5.97 Å². The monoisotopic (exact) mass is 366 g/mol. The Morgan fingerprint density at radius 1 is 1.27 bits per heavy atom. The molecule has 0 unspecified atom stereocenters. The van der Waals surface area contributed by atoms with Crippen LogP contribution in [0.2, 0.25) is 0 Å². The number of benzene rings is 1. The summed E-state index contributed by atoms with van der Waals surface area (Å²) >= 11 is 3.40. The standard InChI is InChI=1S/C16H19BrN2O3/c1-21-16(20)15-10-12-4-5-13(11-14(12)19(15)17)22-9-8-18-6-2-3-7-18/h4-5,10-11H,2-3,6-9H2,1H3. The van der Waals surface area contributed by atoms with E-state index in [2.05, 4.69) is 21.0 Å². The second-order valence-electron chi connectivity index (χ2n) is 5.42. The molecule has 0 bridgehead atoms. The minimum atomic E-state index is -0.371. The van der Waals surface area contributed by atoms with E-state index in [0.717, 1.165) is 23.2 Å². The van der Waals surface area contributed by atoms with Crippen LogP contribution in [0.4, 0.5) is 0 Å². The van der Waals surface area contributed by atoms with E-state index < -0.39 is 0 Å². The van der Waals surface area contributed by atoms with Crippen molar-refractivity contribution in [2.24, 2.45) is 0 Å². The lowest BCUT2D eigenvalue weighted by Crippen LogP contribution is -2.25. The molecule has 22 heavy (non-hydrogen) atoms. The van der Waals surface area contributed by atoms with Crippen molar-refractivity contribution < 1.29 is 14.3 Å². The molecule has 0 atom stereocenters. The second-order valence-corrected chi connectivity index (χ2v) is 6.13. The number of hydrogen-bond acceptors (Lipinski definition) is 4. The Balaban J connectivity index is 1.71. The maximum Gasteiger partial charge on any atom is 0.355 e. The highest BCUT2D eigenvalue weighted by Gasteiger charge is 2.15. The van der Waals surface area contributed by atoms with Gasteiger partial charge in [0.1, 0.15) is 18.1 Å². The Kier molecular flexibility index (Phi) is 4.69. The molecule has 5 nitrogen and oxygen atoms in total. The van der Waals surface area contributed by atoms with E-state index in [1.54, 1.807) is 9.66 Å². The molecule has 1 saturated heterocycles. The molecule has 1 aliphatic heterocycles. The molecule has 2 heterocycles. The third-order valence-corrected chi connectivity index (χ3v) is 4.75. The largest absolute Gasteiger partial charge is 0.492 e. The van der Waals surface area contributed by atoms with Gasteiger partial charge in [0.05, 0.1) is 28.8 Å². The molecule has 2 aromatic rings. The van der Waals surface area contributed by atoms with E-state index in [1.807, 2.05) is 18.2 Å². The van der Waals surface area contributed by atoms with Crippen molar-refractivity contribution in [2.45, 2.75) is 12.8 Å². The predicted molar refractivity (Wildman–Crippen MR) is 88.8 cm³/mol. The van der Waals surface area contributed by atoms with Gasteiger partial charge in [-0.15, -0.1) is 0 Å². The van der Waals surface area contributed by atoms with Crippen molar-refractivity contribution >= 4 is 33.0 Å². The van der Waals surface area contributed by atoms with Gasteiger partial charge in [-0.05, 0) is 44.1 Å². The number of fused-ring (bicyclic) bond motifs is 1. The van der Waals surface area contributed by atoms with Crippen LogP contribution >= 0.6 is 16.1 Å². The normalized spacial score (nSPS) is 15.4. The number of nitrogens with zero attached hydrogens (tertiary/aromatic N) is 2. The number of carbonyl (C=O) groups is 1. The molecule has 1 aromatic heterocycles. The van der Waals surface area contributed by atoms with Gasteiger partial charge in [-0.3, -0.25) is 8.49 Å². The number of carbonyl (C=O) groups excluding carboxylic acids is 1. The van der Waals surface area contributed by atoms with Crippen molar-refractivity contribution in [1.29, 1.82) is 0 Å². The van der Waals surface area contributed by atoms with Crippen molar-refractivity contribution in [2.75, 3.05) is 33.4 Å². The van der Waals surface area contributed by atoms with Crippen LogP contribution < -0.4 is 4.74 Å². The first-order valence-corrected chi connectivity index (χ1v) is 8.15. The van der Waals surface area contributed by atoms with Crippen LogP contribution in [0.15, 0.2) is 24.3 Å². The highest BCUT2D eigenvalue weighted by atomic mass is 79.9. The fourth-order valence-corrected chi connectivity index (χ4v) is 3.34. The molecular weight excluding hydrogens is 348 g/mol. The molecule has 118 valence electrons. The summed E-state index contributed by atoms with van der Waals surface area (Å²) in [6.45, 7) is 3.99. The fraction of sp³-hybridized carbons (Fsp3) is 0.438. The van der Waals surface area contributed by atoms with Crippen molar-refractivity contribution in [1.82, 2.24) is 8.49 Å². The van der Waals surface area contributed by atoms with Crippen LogP contribution in [-0.2, 0) is 4.74 Å². The summed E-state index contributed by atoms with van der Waals surface area (Å²) in [4.78, 5) is 14.1. The summed E-state index contributed by atoms with van der Waals surface area (Å²) in [6.07, 6.45) is 2.58. The van der Waals surface area contributed by atoms with Crippen molar-refractivity contribution in [3.05, 3.63) is 30.0 Å². The van der Waals surface area contributed by atoms with Gasteiger partial charge in [0.15, 0.2) is 0 Å². The first-order chi connectivity index (χ1) is 10.7.